The molecule has 92 valence electrons. The van der Waals surface area contributed by atoms with E-state index in [0.29, 0.717) is 18.4 Å². The first-order valence-corrected chi connectivity index (χ1v) is 6.37. The van der Waals surface area contributed by atoms with E-state index in [4.69, 9.17) is 0 Å². The molecule has 0 aromatic heterocycles. The lowest BCUT2D eigenvalue weighted by atomic mass is 10.0. The van der Waals surface area contributed by atoms with Gasteiger partial charge in [0.1, 0.15) is 0 Å². The third kappa shape index (κ3) is 3.11. The molecular formula is C12H22N2O2. The van der Waals surface area contributed by atoms with E-state index in [-0.39, 0.29) is 12.1 Å². The lowest BCUT2D eigenvalue weighted by Crippen LogP contribution is -2.47. The van der Waals surface area contributed by atoms with Crippen molar-refractivity contribution in [2.75, 3.05) is 19.6 Å². The Hall–Kier alpha value is -0.770. The van der Waals surface area contributed by atoms with Crippen molar-refractivity contribution >= 4 is 6.03 Å². The van der Waals surface area contributed by atoms with Crippen LogP contribution in [-0.4, -0.2) is 41.8 Å². The number of carbonyl (C=O) groups is 1. The second-order valence-corrected chi connectivity index (χ2v) is 5.28. The SMILES string of the molecule is CC1CCCN(C(=O)NCC(O)C2CC2)C1. The molecule has 1 aliphatic heterocycles. The lowest BCUT2D eigenvalue weighted by Gasteiger charge is -2.31. The summed E-state index contributed by atoms with van der Waals surface area (Å²) in [5, 5.41) is 12.5. The fourth-order valence-electron chi connectivity index (χ4n) is 2.33. The zero-order valence-corrected chi connectivity index (χ0v) is 9.98. The molecule has 2 atom stereocenters. The number of likely N-dealkylation sites (tertiary alicyclic amines) is 1. The maximum atomic E-state index is 11.8. The Labute approximate surface area is 97.0 Å². The van der Waals surface area contributed by atoms with Crippen LogP contribution in [0.2, 0.25) is 0 Å². The number of amides is 2. The summed E-state index contributed by atoms with van der Waals surface area (Å²) < 4.78 is 0. The van der Waals surface area contributed by atoms with Crippen LogP contribution in [-0.2, 0) is 0 Å². The molecule has 0 bridgehead atoms. The molecule has 2 rings (SSSR count). The van der Waals surface area contributed by atoms with Gasteiger partial charge in [0, 0.05) is 19.6 Å². The summed E-state index contributed by atoms with van der Waals surface area (Å²) in [5.74, 6) is 1.04. The van der Waals surface area contributed by atoms with Crippen molar-refractivity contribution in [2.24, 2.45) is 11.8 Å². The van der Waals surface area contributed by atoms with Crippen LogP contribution >= 0.6 is 0 Å². The minimum absolute atomic E-state index is 0.00810. The van der Waals surface area contributed by atoms with Gasteiger partial charge >= 0.3 is 6.03 Å². The average molecular weight is 226 g/mol. The summed E-state index contributed by atoms with van der Waals surface area (Å²) in [7, 11) is 0. The Morgan fingerprint density at radius 3 is 2.88 bits per heavy atom. The Morgan fingerprint density at radius 1 is 1.50 bits per heavy atom. The van der Waals surface area contributed by atoms with Gasteiger partial charge < -0.3 is 15.3 Å². The van der Waals surface area contributed by atoms with E-state index in [9.17, 15) is 9.90 Å². The molecule has 4 nitrogen and oxygen atoms in total. The molecular weight excluding hydrogens is 204 g/mol. The molecule has 0 aromatic carbocycles. The van der Waals surface area contributed by atoms with Crippen molar-refractivity contribution in [3.05, 3.63) is 0 Å². The molecule has 2 amide bonds. The number of nitrogens with one attached hydrogen (secondary N) is 1. The van der Waals surface area contributed by atoms with E-state index in [2.05, 4.69) is 12.2 Å². The molecule has 0 radical (unpaired) electrons. The number of rotatable bonds is 3. The highest BCUT2D eigenvalue weighted by Crippen LogP contribution is 2.32. The van der Waals surface area contributed by atoms with Crippen molar-refractivity contribution in [3.8, 4) is 0 Å². The zero-order valence-electron chi connectivity index (χ0n) is 9.98. The second kappa shape index (κ2) is 5.04. The molecule has 2 fully saturated rings. The predicted molar refractivity (Wildman–Crippen MR) is 62.1 cm³/mol. The summed E-state index contributed by atoms with van der Waals surface area (Å²) in [6.45, 7) is 4.30. The molecule has 0 aromatic rings. The molecule has 1 saturated carbocycles. The Morgan fingerprint density at radius 2 is 2.25 bits per heavy atom. The van der Waals surface area contributed by atoms with Crippen molar-refractivity contribution in [3.63, 3.8) is 0 Å². The Bertz CT molecular complexity index is 253. The summed E-state index contributed by atoms with van der Waals surface area (Å²) in [4.78, 5) is 13.7. The van der Waals surface area contributed by atoms with Crippen molar-refractivity contribution < 1.29 is 9.90 Å². The molecule has 16 heavy (non-hydrogen) atoms. The zero-order chi connectivity index (χ0) is 11.5. The Kier molecular flexibility index (Phi) is 3.69. The van der Waals surface area contributed by atoms with Crippen LogP contribution in [0.15, 0.2) is 0 Å². The molecule has 2 unspecified atom stereocenters. The first-order chi connectivity index (χ1) is 7.66. The van der Waals surface area contributed by atoms with E-state index < -0.39 is 0 Å². The van der Waals surface area contributed by atoms with Gasteiger partial charge in [-0.15, -0.1) is 0 Å². The molecule has 0 spiro atoms. The van der Waals surface area contributed by atoms with Gasteiger partial charge in [-0.25, -0.2) is 4.79 Å². The fraction of sp³-hybridized carbons (Fsp3) is 0.917. The van der Waals surface area contributed by atoms with Gasteiger partial charge in [-0.2, -0.15) is 0 Å². The van der Waals surface area contributed by atoms with E-state index in [1.165, 1.54) is 6.42 Å². The first kappa shape index (κ1) is 11.7. The second-order valence-electron chi connectivity index (χ2n) is 5.28. The van der Waals surface area contributed by atoms with Crippen molar-refractivity contribution in [2.45, 2.75) is 38.7 Å². The standard InChI is InChI=1S/C12H22N2O2/c1-9-3-2-6-14(8-9)12(16)13-7-11(15)10-4-5-10/h9-11,15H,2-8H2,1H3,(H,13,16). The van der Waals surface area contributed by atoms with Crippen LogP contribution < -0.4 is 5.32 Å². The van der Waals surface area contributed by atoms with E-state index in [0.717, 1.165) is 32.4 Å². The number of aliphatic hydroxyl groups excluding tert-OH is 1. The molecule has 2 N–H and O–H groups in total. The van der Waals surface area contributed by atoms with Crippen LogP contribution in [0.25, 0.3) is 0 Å². The summed E-state index contributed by atoms with van der Waals surface area (Å²) in [5.41, 5.74) is 0. The van der Waals surface area contributed by atoms with Crippen molar-refractivity contribution in [1.29, 1.82) is 0 Å². The highest BCUT2D eigenvalue weighted by Gasteiger charge is 2.30. The van der Waals surface area contributed by atoms with E-state index in [1.807, 2.05) is 4.90 Å². The number of aliphatic hydroxyl groups is 1. The molecule has 1 saturated heterocycles. The minimum Gasteiger partial charge on any atom is -0.391 e. The van der Waals surface area contributed by atoms with Crippen LogP contribution in [0.5, 0.6) is 0 Å². The molecule has 1 heterocycles. The predicted octanol–water partition coefficient (Wildman–Crippen LogP) is 1.20. The summed E-state index contributed by atoms with van der Waals surface area (Å²) >= 11 is 0. The summed E-state index contributed by atoms with van der Waals surface area (Å²) in [6.07, 6.45) is 4.19. The first-order valence-electron chi connectivity index (χ1n) is 6.37. The van der Waals surface area contributed by atoms with Gasteiger partial charge in [-0.1, -0.05) is 6.92 Å². The molecule has 2 aliphatic rings. The largest absolute Gasteiger partial charge is 0.391 e. The van der Waals surface area contributed by atoms with Gasteiger partial charge in [0.15, 0.2) is 0 Å². The topological polar surface area (TPSA) is 52.6 Å². The van der Waals surface area contributed by atoms with Crippen LogP contribution in [0.4, 0.5) is 4.79 Å². The normalized spacial score (nSPS) is 27.6. The number of piperidine rings is 1. The van der Waals surface area contributed by atoms with Gasteiger partial charge in [-0.05, 0) is 37.5 Å². The van der Waals surface area contributed by atoms with Gasteiger partial charge in [0.25, 0.3) is 0 Å². The van der Waals surface area contributed by atoms with Gasteiger partial charge in [0.2, 0.25) is 0 Å². The molecule has 4 heteroatoms. The number of hydrogen-bond acceptors (Lipinski definition) is 2. The fourth-order valence-corrected chi connectivity index (χ4v) is 2.33. The maximum Gasteiger partial charge on any atom is 0.317 e. The number of urea groups is 1. The minimum atomic E-state index is -0.342. The van der Waals surface area contributed by atoms with Crippen LogP contribution in [0.3, 0.4) is 0 Å². The number of hydrogen-bond donors (Lipinski definition) is 2. The summed E-state index contributed by atoms with van der Waals surface area (Å²) in [6, 6.07) is -0.00810. The highest BCUT2D eigenvalue weighted by molar-refractivity contribution is 5.74. The quantitative estimate of drug-likeness (QED) is 0.759. The van der Waals surface area contributed by atoms with Crippen LogP contribution in [0.1, 0.15) is 32.6 Å². The van der Waals surface area contributed by atoms with Crippen molar-refractivity contribution in [1.82, 2.24) is 10.2 Å². The number of carbonyl (C=O) groups excluding carboxylic acids is 1. The smallest absolute Gasteiger partial charge is 0.317 e. The highest BCUT2D eigenvalue weighted by atomic mass is 16.3. The maximum absolute atomic E-state index is 11.8. The monoisotopic (exact) mass is 226 g/mol. The third-order valence-electron chi connectivity index (χ3n) is 3.57. The van der Waals surface area contributed by atoms with Crippen LogP contribution in [0, 0.1) is 11.8 Å². The Balaban J connectivity index is 1.69. The lowest BCUT2D eigenvalue weighted by molar-refractivity contribution is 0.136. The third-order valence-corrected chi connectivity index (χ3v) is 3.57. The molecule has 1 aliphatic carbocycles. The van der Waals surface area contributed by atoms with E-state index in [1.54, 1.807) is 0 Å². The van der Waals surface area contributed by atoms with Gasteiger partial charge in [-0.3, -0.25) is 0 Å². The van der Waals surface area contributed by atoms with Gasteiger partial charge in [0.05, 0.1) is 6.10 Å². The van der Waals surface area contributed by atoms with E-state index >= 15 is 0 Å². The number of nitrogens with zero attached hydrogens (tertiary/aromatic N) is 1. The average Bonchev–Trinajstić information content (AvgIpc) is 3.09.